The normalized spacial score (nSPS) is 11.0. The molecule has 5 nitrogen and oxygen atoms in total. The van der Waals surface area contributed by atoms with Gasteiger partial charge in [-0.2, -0.15) is 0 Å². The van der Waals surface area contributed by atoms with Gasteiger partial charge in [0.2, 0.25) is 0 Å². The third-order valence-corrected chi connectivity index (χ3v) is 3.66. The standard InChI is InChI=1S/C15H11ClN2O3/c1-18-12-5-3-9(7-13(12)21-15(18)20)14(19)8-2-4-10(16)11(17)6-8/h2-7H,17H2,1H3. The maximum Gasteiger partial charge on any atom is 0.419 e. The lowest BCUT2D eigenvalue weighted by Gasteiger charge is -2.04. The summed E-state index contributed by atoms with van der Waals surface area (Å²) >= 11 is 5.84. The van der Waals surface area contributed by atoms with Gasteiger partial charge in [-0.3, -0.25) is 9.36 Å². The number of hydrogen-bond donors (Lipinski definition) is 1. The minimum atomic E-state index is -0.467. The Morgan fingerprint density at radius 3 is 2.57 bits per heavy atom. The second-order valence-corrected chi connectivity index (χ2v) is 5.08. The van der Waals surface area contributed by atoms with E-state index in [1.165, 1.54) is 10.6 Å². The minimum absolute atomic E-state index is 0.216. The van der Waals surface area contributed by atoms with Crippen LogP contribution in [0, 0.1) is 0 Å². The fourth-order valence-electron chi connectivity index (χ4n) is 2.13. The number of nitrogens with two attached hydrogens (primary N) is 1. The molecule has 106 valence electrons. The predicted molar refractivity (Wildman–Crippen MR) is 80.8 cm³/mol. The van der Waals surface area contributed by atoms with Crippen LogP contribution in [-0.2, 0) is 7.05 Å². The number of benzene rings is 2. The van der Waals surface area contributed by atoms with Gasteiger partial charge in [0.15, 0.2) is 11.4 Å². The fourth-order valence-corrected chi connectivity index (χ4v) is 2.24. The van der Waals surface area contributed by atoms with Crippen molar-refractivity contribution in [2.75, 3.05) is 5.73 Å². The topological polar surface area (TPSA) is 78.2 Å². The number of fused-ring (bicyclic) bond motifs is 1. The fraction of sp³-hybridized carbons (Fsp3) is 0.0667. The van der Waals surface area contributed by atoms with Crippen molar-refractivity contribution in [2.45, 2.75) is 0 Å². The van der Waals surface area contributed by atoms with Gasteiger partial charge in [0.1, 0.15) is 0 Å². The van der Waals surface area contributed by atoms with Crippen molar-refractivity contribution < 1.29 is 9.21 Å². The van der Waals surface area contributed by atoms with Crippen molar-refractivity contribution in [2.24, 2.45) is 7.05 Å². The highest BCUT2D eigenvalue weighted by Gasteiger charge is 2.13. The molecule has 0 amide bonds. The summed E-state index contributed by atoms with van der Waals surface area (Å²) < 4.78 is 6.46. The summed E-state index contributed by atoms with van der Waals surface area (Å²) in [6.07, 6.45) is 0. The van der Waals surface area contributed by atoms with Crippen LogP contribution in [0.25, 0.3) is 11.1 Å². The summed E-state index contributed by atoms with van der Waals surface area (Å²) in [5.41, 5.74) is 7.89. The van der Waals surface area contributed by atoms with E-state index in [9.17, 15) is 9.59 Å². The van der Waals surface area contributed by atoms with Crippen molar-refractivity contribution in [3.8, 4) is 0 Å². The van der Waals surface area contributed by atoms with Crippen LogP contribution in [0.15, 0.2) is 45.6 Å². The second kappa shape index (κ2) is 4.79. The summed E-state index contributed by atoms with van der Waals surface area (Å²) in [6, 6.07) is 9.56. The summed E-state index contributed by atoms with van der Waals surface area (Å²) in [5.74, 6) is -0.683. The van der Waals surface area contributed by atoms with Crippen LogP contribution in [0.2, 0.25) is 5.02 Å². The van der Waals surface area contributed by atoms with Gasteiger partial charge in [-0.25, -0.2) is 4.79 Å². The highest BCUT2D eigenvalue weighted by Crippen LogP contribution is 2.22. The first-order valence-electron chi connectivity index (χ1n) is 6.16. The number of carbonyl (C=O) groups is 1. The van der Waals surface area contributed by atoms with Crippen LogP contribution in [0.1, 0.15) is 15.9 Å². The van der Waals surface area contributed by atoms with Crippen molar-refractivity contribution in [1.82, 2.24) is 4.57 Å². The Morgan fingerprint density at radius 1 is 1.19 bits per heavy atom. The first kappa shape index (κ1) is 13.5. The lowest BCUT2D eigenvalue weighted by Crippen LogP contribution is -2.08. The lowest BCUT2D eigenvalue weighted by molar-refractivity contribution is 0.103. The zero-order valence-corrected chi connectivity index (χ0v) is 11.8. The third-order valence-electron chi connectivity index (χ3n) is 3.31. The van der Waals surface area contributed by atoms with Gasteiger partial charge >= 0.3 is 5.76 Å². The first-order valence-corrected chi connectivity index (χ1v) is 6.54. The smallest absolute Gasteiger partial charge is 0.408 e. The number of hydrogen-bond acceptors (Lipinski definition) is 4. The largest absolute Gasteiger partial charge is 0.419 e. The van der Waals surface area contributed by atoms with E-state index in [1.54, 1.807) is 37.4 Å². The number of halogens is 1. The number of nitrogen functional groups attached to an aromatic ring is 1. The van der Waals surface area contributed by atoms with Crippen molar-refractivity contribution in [3.63, 3.8) is 0 Å². The van der Waals surface area contributed by atoms with Crippen LogP contribution in [0.3, 0.4) is 0 Å². The molecule has 0 saturated carbocycles. The molecule has 6 heteroatoms. The number of aromatic nitrogens is 1. The van der Waals surface area contributed by atoms with E-state index in [4.69, 9.17) is 21.8 Å². The molecular weight excluding hydrogens is 292 g/mol. The van der Waals surface area contributed by atoms with Gasteiger partial charge in [-0.1, -0.05) is 11.6 Å². The second-order valence-electron chi connectivity index (χ2n) is 4.67. The average Bonchev–Trinajstić information content (AvgIpc) is 2.76. The molecule has 1 heterocycles. The lowest BCUT2D eigenvalue weighted by atomic mass is 10.0. The molecule has 0 spiro atoms. The summed E-state index contributed by atoms with van der Waals surface area (Å²) in [7, 11) is 1.61. The van der Waals surface area contributed by atoms with Gasteiger partial charge in [0.25, 0.3) is 0 Å². The molecule has 2 aromatic carbocycles. The van der Waals surface area contributed by atoms with E-state index < -0.39 is 5.76 Å². The Labute approximate surface area is 124 Å². The molecule has 0 radical (unpaired) electrons. The van der Waals surface area contributed by atoms with E-state index >= 15 is 0 Å². The van der Waals surface area contributed by atoms with Gasteiger partial charge < -0.3 is 10.2 Å². The molecule has 2 N–H and O–H groups in total. The Balaban J connectivity index is 2.09. The van der Waals surface area contributed by atoms with Crippen LogP contribution in [0.4, 0.5) is 5.69 Å². The highest BCUT2D eigenvalue weighted by molar-refractivity contribution is 6.33. The highest BCUT2D eigenvalue weighted by atomic mass is 35.5. The van der Waals surface area contributed by atoms with Gasteiger partial charge in [0.05, 0.1) is 16.2 Å². The number of rotatable bonds is 2. The molecule has 3 aromatic rings. The summed E-state index contributed by atoms with van der Waals surface area (Å²) in [6.45, 7) is 0. The number of anilines is 1. The third kappa shape index (κ3) is 2.21. The zero-order valence-electron chi connectivity index (χ0n) is 11.1. The van der Waals surface area contributed by atoms with Crippen molar-refractivity contribution >= 4 is 34.2 Å². The van der Waals surface area contributed by atoms with Gasteiger partial charge in [-0.05, 0) is 36.4 Å². The quantitative estimate of drug-likeness (QED) is 0.583. The molecule has 1 aromatic heterocycles. The molecule has 0 saturated heterocycles. The molecule has 3 rings (SSSR count). The minimum Gasteiger partial charge on any atom is -0.408 e. The van der Waals surface area contributed by atoms with Crippen molar-refractivity contribution in [1.29, 1.82) is 0 Å². The first-order chi connectivity index (χ1) is 9.97. The molecule has 0 atom stereocenters. The van der Waals surface area contributed by atoms with E-state index in [0.29, 0.717) is 32.9 Å². The maximum atomic E-state index is 12.4. The van der Waals surface area contributed by atoms with E-state index in [1.807, 2.05) is 0 Å². The average molecular weight is 303 g/mol. The molecule has 0 aliphatic carbocycles. The van der Waals surface area contributed by atoms with Crippen LogP contribution >= 0.6 is 11.6 Å². The van der Waals surface area contributed by atoms with Crippen LogP contribution < -0.4 is 11.5 Å². The maximum absolute atomic E-state index is 12.4. The van der Waals surface area contributed by atoms with E-state index in [0.717, 1.165) is 0 Å². The molecule has 21 heavy (non-hydrogen) atoms. The number of oxazole rings is 1. The van der Waals surface area contributed by atoms with Crippen LogP contribution in [-0.4, -0.2) is 10.4 Å². The molecular formula is C15H11ClN2O3. The molecule has 0 unspecified atom stereocenters. The number of carbonyl (C=O) groups excluding carboxylic acids is 1. The summed E-state index contributed by atoms with van der Waals surface area (Å²) in [5, 5.41) is 0.399. The van der Waals surface area contributed by atoms with Crippen molar-refractivity contribution in [3.05, 3.63) is 63.1 Å². The Bertz CT molecular complexity index is 924. The summed E-state index contributed by atoms with van der Waals surface area (Å²) in [4.78, 5) is 23.9. The van der Waals surface area contributed by atoms with Crippen LogP contribution in [0.5, 0.6) is 0 Å². The molecule has 0 fully saturated rings. The number of aryl methyl sites for hydroxylation is 1. The molecule has 0 bridgehead atoms. The van der Waals surface area contributed by atoms with Gasteiger partial charge in [-0.15, -0.1) is 0 Å². The predicted octanol–water partition coefficient (Wildman–Crippen LogP) is 2.60. The zero-order chi connectivity index (χ0) is 15.1. The Hall–Kier alpha value is -2.53. The number of nitrogens with zero attached hydrogens (tertiary/aromatic N) is 1. The number of ketones is 1. The molecule has 0 aliphatic heterocycles. The molecule has 0 aliphatic rings. The Kier molecular flexibility index (Phi) is 3.07. The van der Waals surface area contributed by atoms with Gasteiger partial charge in [0, 0.05) is 18.2 Å². The van der Waals surface area contributed by atoms with E-state index in [2.05, 4.69) is 0 Å². The van der Waals surface area contributed by atoms with E-state index in [-0.39, 0.29) is 5.78 Å². The Morgan fingerprint density at radius 2 is 1.86 bits per heavy atom. The SMILES string of the molecule is Cn1c(=O)oc2cc(C(=O)c3ccc(Cl)c(N)c3)ccc21. The monoisotopic (exact) mass is 302 g/mol.